The van der Waals surface area contributed by atoms with E-state index in [0.29, 0.717) is 5.41 Å². The van der Waals surface area contributed by atoms with Crippen molar-refractivity contribution in [2.45, 2.75) is 39.2 Å². The van der Waals surface area contributed by atoms with Crippen molar-refractivity contribution in [1.29, 1.82) is 0 Å². The molecule has 2 rings (SSSR count). The fourth-order valence-electron chi connectivity index (χ4n) is 2.64. The summed E-state index contributed by atoms with van der Waals surface area (Å²) in [5, 5.41) is 7.88. The van der Waals surface area contributed by atoms with E-state index in [1.807, 2.05) is 13.2 Å². The lowest BCUT2D eigenvalue weighted by molar-refractivity contribution is 0.0732. The Morgan fingerprint density at radius 1 is 1.48 bits per heavy atom. The number of ether oxygens (including phenoxy) is 1. The minimum absolute atomic E-state index is 0.394. The second kappa shape index (κ2) is 7.75. The second-order valence-electron chi connectivity index (χ2n) is 5.74. The zero-order valence-electron chi connectivity index (χ0n) is 13.2. The van der Waals surface area contributed by atoms with Gasteiger partial charge in [-0.1, -0.05) is 6.42 Å². The van der Waals surface area contributed by atoms with Gasteiger partial charge in [0.25, 0.3) is 0 Å². The van der Waals surface area contributed by atoms with Gasteiger partial charge in [0.1, 0.15) is 5.01 Å². The zero-order chi connectivity index (χ0) is 15.1. The van der Waals surface area contributed by atoms with E-state index in [2.05, 4.69) is 27.5 Å². The molecular formula is C15H26N4OS. The summed E-state index contributed by atoms with van der Waals surface area (Å²) in [5.74, 6) is 0.853. The number of guanidine groups is 1. The molecule has 0 amide bonds. The Balaban J connectivity index is 1.77. The van der Waals surface area contributed by atoms with Gasteiger partial charge in [-0.25, -0.2) is 4.98 Å². The van der Waals surface area contributed by atoms with Gasteiger partial charge in [0.15, 0.2) is 5.96 Å². The normalized spacial score (nSPS) is 17.4. The van der Waals surface area contributed by atoms with E-state index in [1.54, 1.807) is 18.4 Å². The van der Waals surface area contributed by atoms with Crippen LogP contribution < -0.4 is 10.6 Å². The van der Waals surface area contributed by atoms with Crippen LogP contribution in [-0.2, 0) is 11.3 Å². The minimum atomic E-state index is 0.394. The second-order valence-corrected chi connectivity index (χ2v) is 7.06. The number of methoxy groups -OCH3 is 1. The standard InChI is InChI=1S/C15H26N4OS/c1-12-9-17-13(21-12)10-18-14(16-2)19-11-15(5-4-6-15)7-8-20-3/h9H,4-8,10-11H2,1-3H3,(H2,16,18,19). The highest BCUT2D eigenvalue weighted by Gasteiger charge is 2.36. The summed E-state index contributed by atoms with van der Waals surface area (Å²) in [6.45, 7) is 4.60. The summed E-state index contributed by atoms with van der Waals surface area (Å²) in [7, 11) is 3.58. The van der Waals surface area contributed by atoms with Crippen LogP contribution >= 0.6 is 11.3 Å². The summed E-state index contributed by atoms with van der Waals surface area (Å²) in [4.78, 5) is 9.89. The van der Waals surface area contributed by atoms with Crippen LogP contribution in [0.5, 0.6) is 0 Å². The molecule has 1 aromatic heterocycles. The topological polar surface area (TPSA) is 58.5 Å². The molecule has 0 spiro atoms. The van der Waals surface area contributed by atoms with Gasteiger partial charge in [-0.15, -0.1) is 11.3 Å². The number of nitrogens with one attached hydrogen (secondary N) is 2. The number of hydrogen-bond donors (Lipinski definition) is 2. The molecular weight excluding hydrogens is 284 g/mol. The lowest BCUT2D eigenvalue weighted by Gasteiger charge is -2.42. The van der Waals surface area contributed by atoms with Gasteiger partial charge in [0.05, 0.1) is 6.54 Å². The van der Waals surface area contributed by atoms with Gasteiger partial charge in [-0.3, -0.25) is 4.99 Å². The molecule has 21 heavy (non-hydrogen) atoms. The molecule has 1 saturated carbocycles. The van der Waals surface area contributed by atoms with Gasteiger partial charge in [0.2, 0.25) is 0 Å². The zero-order valence-corrected chi connectivity index (χ0v) is 14.1. The number of rotatable bonds is 7. The quantitative estimate of drug-likeness (QED) is 0.599. The molecule has 1 aliphatic rings. The fraction of sp³-hybridized carbons (Fsp3) is 0.733. The van der Waals surface area contributed by atoms with Gasteiger partial charge >= 0.3 is 0 Å². The number of nitrogens with zero attached hydrogens (tertiary/aromatic N) is 2. The van der Waals surface area contributed by atoms with Crippen molar-refractivity contribution in [2.75, 3.05) is 27.3 Å². The Labute approximate surface area is 131 Å². The maximum Gasteiger partial charge on any atom is 0.191 e. The molecule has 1 aromatic rings. The highest BCUT2D eigenvalue weighted by atomic mass is 32.1. The Hall–Kier alpha value is -1.14. The van der Waals surface area contributed by atoms with Crippen molar-refractivity contribution in [3.05, 3.63) is 16.1 Å². The summed E-state index contributed by atoms with van der Waals surface area (Å²) < 4.78 is 5.23. The number of aliphatic imine (C=N–C) groups is 1. The fourth-order valence-corrected chi connectivity index (χ4v) is 3.37. The van der Waals surface area contributed by atoms with Crippen molar-refractivity contribution >= 4 is 17.3 Å². The van der Waals surface area contributed by atoms with Crippen LogP contribution in [0.3, 0.4) is 0 Å². The van der Waals surface area contributed by atoms with Crippen molar-refractivity contribution in [2.24, 2.45) is 10.4 Å². The van der Waals surface area contributed by atoms with Gasteiger partial charge in [-0.05, 0) is 31.6 Å². The first-order valence-corrected chi connectivity index (χ1v) is 8.34. The van der Waals surface area contributed by atoms with E-state index in [0.717, 1.165) is 37.1 Å². The predicted octanol–water partition coefficient (Wildman–Crippen LogP) is 2.32. The van der Waals surface area contributed by atoms with E-state index in [4.69, 9.17) is 4.74 Å². The Morgan fingerprint density at radius 2 is 2.29 bits per heavy atom. The number of hydrogen-bond acceptors (Lipinski definition) is 4. The number of aryl methyl sites for hydroxylation is 1. The van der Waals surface area contributed by atoms with Crippen LogP contribution in [0.15, 0.2) is 11.2 Å². The number of thiazole rings is 1. The maximum absolute atomic E-state index is 5.23. The van der Waals surface area contributed by atoms with Gasteiger partial charge in [-0.2, -0.15) is 0 Å². The molecule has 0 radical (unpaired) electrons. The Kier molecular flexibility index (Phi) is 5.99. The first kappa shape index (κ1) is 16.2. The molecule has 0 saturated heterocycles. The average Bonchev–Trinajstić information content (AvgIpc) is 2.86. The summed E-state index contributed by atoms with van der Waals surface area (Å²) in [6.07, 6.45) is 6.93. The van der Waals surface area contributed by atoms with E-state index in [-0.39, 0.29) is 0 Å². The molecule has 0 aliphatic heterocycles. The first-order valence-electron chi connectivity index (χ1n) is 7.52. The van der Waals surface area contributed by atoms with E-state index < -0.39 is 0 Å². The van der Waals surface area contributed by atoms with Gasteiger partial charge < -0.3 is 15.4 Å². The molecule has 0 aromatic carbocycles. The summed E-state index contributed by atoms with van der Waals surface area (Å²) >= 11 is 1.72. The molecule has 5 nitrogen and oxygen atoms in total. The third kappa shape index (κ3) is 4.68. The molecule has 1 heterocycles. The van der Waals surface area contributed by atoms with E-state index in [9.17, 15) is 0 Å². The molecule has 1 aliphatic carbocycles. The SMILES string of the molecule is CN=C(NCc1ncc(C)s1)NCC1(CCOC)CCC1. The first-order chi connectivity index (χ1) is 10.2. The molecule has 0 bridgehead atoms. The highest BCUT2D eigenvalue weighted by Crippen LogP contribution is 2.43. The van der Waals surface area contributed by atoms with Crippen LogP contribution in [0.25, 0.3) is 0 Å². The van der Waals surface area contributed by atoms with Crippen LogP contribution in [-0.4, -0.2) is 38.3 Å². The van der Waals surface area contributed by atoms with Crippen LogP contribution in [0.4, 0.5) is 0 Å². The molecule has 0 unspecified atom stereocenters. The maximum atomic E-state index is 5.23. The molecule has 1 fully saturated rings. The van der Waals surface area contributed by atoms with E-state index in [1.165, 1.54) is 24.1 Å². The van der Waals surface area contributed by atoms with Gasteiger partial charge in [0, 0.05) is 38.4 Å². The molecule has 6 heteroatoms. The van der Waals surface area contributed by atoms with Crippen LogP contribution in [0, 0.1) is 12.3 Å². The monoisotopic (exact) mass is 310 g/mol. The summed E-state index contributed by atoms with van der Waals surface area (Å²) in [6, 6.07) is 0. The third-order valence-electron chi connectivity index (χ3n) is 4.18. The lowest BCUT2D eigenvalue weighted by Crippen LogP contribution is -2.46. The van der Waals surface area contributed by atoms with Crippen molar-refractivity contribution in [3.8, 4) is 0 Å². The molecule has 2 N–H and O–H groups in total. The Bertz CT molecular complexity index is 468. The van der Waals surface area contributed by atoms with Crippen molar-refractivity contribution in [3.63, 3.8) is 0 Å². The predicted molar refractivity (Wildman–Crippen MR) is 87.8 cm³/mol. The van der Waals surface area contributed by atoms with Crippen LogP contribution in [0.2, 0.25) is 0 Å². The minimum Gasteiger partial charge on any atom is -0.385 e. The number of aromatic nitrogens is 1. The van der Waals surface area contributed by atoms with Crippen molar-refractivity contribution in [1.82, 2.24) is 15.6 Å². The highest BCUT2D eigenvalue weighted by molar-refractivity contribution is 7.11. The Morgan fingerprint density at radius 3 is 2.81 bits per heavy atom. The third-order valence-corrected chi connectivity index (χ3v) is 5.09. The average molecular weight is 310 g/mol. The lowest BCUT2D eigenvalue weighted by atomic mass is 9.67. The van der Waals surface area contributed by atoms with Crippen LogP contribution in [0.1, 0.15) is 35.6 Å². The van der Waals surface area contributed by atoms with E-state index >= 15 is 0 Å². The largest absolute Gasteiger partial charge is 0.385 e. The van der Waals surface area contributed by atoms with Crippen molar-refractivity contribution < 1.29 is 4.74 Å². The molecule has 0 atom stereocenters. The summed E-state index contributed by atoms with van der Waals surface area (Å²) in [5.41, 5.74) is 0.394. The molecule has 118 valence electrons. The smallest absolute Gasteiger partial charge is 0.191 e.